The molecule has 2 nitrogen and oxygen atoms in total. The largest absolute Gasteiger partial charge is 0.353 e. The molecule has 0 bridgehead atoms. The molecule has 1 heterocycles. The van der Waals surface area contributed by atoms with E-state index in [0.717, 1.165) is 0 Å². The van der Waals surface area contributed by atoms with E-state index in [2.05, 4.69) is 10.3 Å². The second-order valence-corrected chi connectivity index (χ2v) is 1.54. The second kappa shape index (κ2) is 5.35. The third kappa shape index (κ3) is 3.76. The Balaban J connectivity index is 0. The zero-order valence-corrected chi connectivity index (χ0v) is 6.26. The Bertz CT molecular complexity index is 98.2. The summed E-state index contributed by atoms with van der Waals surface area (Å²) in [7, 11) is 0. The highest BCUT2D eigenvalue weighted by molar-refractivity contribution is 5.57. The first kappa shape index (κ1) is 8.21. The van der Waals surface area contributed by atoms with Gasteiger partial charge < -0.3 is 5.32 Å². The Morgan fingerprint density at radius 2 is 2.22 bits per heavy atom. The molecular formula is C7H16N2. The molecule has 1 aliphatic heterocycles. The number of aliphatic imine (C=N–C) groups is 1. The van der Waals surface area contributed by atoms with E-state index in [0.29, 0.717) is 6.04 Å². The summed E-state index contributed by atoms with van der Waals surface area (Å²) in [6.45, 7) is 6.04. The maximum atomic E-state index is 4.01. The molecule has 0 fully saturated rings. The molecule has 0 radical (unpaired) electrons. The molecule has 1 rings (SSSR count). The molecule has 54 valence electrons. The van der Waals surface area contributed by atoms with Crippen LogP contribution in [0.3, 0.4) is 0 Å². The quantitative estimate of drug-likeness (QED) is 0.528. The van der Waals surface area contributed by atoms with Gasteiger partial charge in [-0.3, -0.25) is 4.99 Å². The molecular weight excluding hydrogens is 112 g/mol. The van der Waals surface area contributed by atoms with E-state index >= 15 is 0 Å². The lowest BCUT2D eigenvalue weighted by atomic mass is 10.3. The van der Waals surface area contributed by atoms with Crippen LogP contribution in [0.25, 0.3) is 0 Å². The fourth-order valence-corrected chi connectivity index (χ4v) is 0.448. The van der Waals surface area contributed by atoms with E-state index < -0.39 is 0 Å². The summed E-state index contributed by atoms with van der Waals surface area (Å²) in [6, 6.07) is 0.362. The van der Waals surface area contributed by atoms with Crippen molar-refractivity contribution in [1.82, 2.24) is 5.32 Å². The summed E-state index contributed by atoms with van der Waals surface area (Å²) in [5, 5.41) is 2.84. The first-order valence-electron chi connectivity index (χ1n) is 3.34. The third-order valence-corrected chi connectivity index (χ3v) is 0.855. The predicted octanol–water partition coefficient (Wildman–Crippen LogP) is 1.79. The molecule has 0 saturated carbocycles. The van der Waals surface area contributed by atoms with Gasteiger partial charge in [-0.25, -0.2) is 0 Å². The molecule has 0 aromatic carbocycles. The molecule has 1 atom stereocenters. The van der Waals surface area contributed by atoms with Gasteiger partial charge in [0.15, 0.2) is 0 Å². The zero-order chi connectivity index (χ0) is 7.11. The minimum Gasteiger partial charge on any atom is -0.353 e. The molecule has 1 aliphatic rings. The van der Waals surface area contributed by atoms with E-state index in [4.69, 9.17) is 0 Å². The number of nitrogens with one attached hydrogen (secondary N) is 1. The Labute approximate surface area is 58.2 Å². The molecule has 9 heavy (non-hydrogen) atoms. The Hall–Kier alpha value is -0.790. The smallest absolute Gasteiger partial charge is 0.0870 e. The molecule has 0 aliphatic carbocycles. The number of rotatable bonds is 0. The van der Waals surface area contributed by atoms with Gasteiger partial charge >= 0.3 is 0 Å². The highest BCUT2D eigenvalue weighted by Gasteiger charge is 1.90. The normalized spacial score (nSPS) is 21.9. The maximum Gasteiger partial charge on any atom is 0.0870 e. The lowest BCUT2D eigenvalue weighted by molar-refractivity contribution is 0.897. The summed E-state index contributed by atoms with van der Waals surface area (Å²) in [6.07, 6.45) is 5.59. The topological polar surface area (TPSA) is 24.4 Å². The average molecular weight is 128 g/mol. The second-order valence-electron chi connectivity index (χ2n) is 1.54. The first-order valence-corrected chi connectivity index (χ1v) is 3.34. The Morgan fingerprint density at radius 3 is 2.44 bits per heavy atom. The molecule has 0 spiro atoms. The molecule has 2 heteroatoms. The van der Waals surface area contributed by atoms with E-state index in [1.165, 1.54) is 0 Å². The lowest BCUT2D eigenvalue weighted by Gasteiger charge is -2.01. The van der Waals surface area contributed by atoms with Crippen LogP contribution in [0.1, 0.15) is 22.2 Å². The van der Waals surface area contributed by atoms with Crippen LogP contribution < -0.4 is 5.32 Å². The average Bonchev–Trinajstić information content (AvgIpc) is 1.94. The lowest BCUT2D eigenvalue weighted by Crippen LogP contribution is -2.10. The van der Waals surface area contributed by atoms with Gasteiger partial charge in [0.2, 0.25) is 0 Å². The molecule has 0 amide bonds. The van der Waals surface area contributed by atoms with Crippen molar-refractivity contribution in [3.05, 3.63) is 12.3 Å². The maximum absolute atomic E-state index is 4.01. The molecule has 1 N–H and O–H groups in total. The van der Waals surface area contributed by atoms with Crippen molar-refractivity contribution in [3.63, 3.8) is 0 Å². The minimum absolute atomic E-state index is 0. The van der Waals surface area contributed by atoms with Gasteiger partial charge in [-0.1, -0.05) is 13.8 Å². The first-order chi connectivity index (χ1) is 4.39. The van der Waals surface area contributed by atoms with Gasteiger partial charge in [0, 0.05) is 1.43 Å². The third-order valence-electron chi connectivity index (χ3n) is 0.855. The predicted molar refractivity (Wildman–Crippen MR) is 43.7 cm³/mol. The monoisotopic (exact) mass is 128 g/mol. The van der Waals surface area contributed by atoms with Crippen molar-refractivity contribution in [2.45, 2.75) is 26.8 Å². The van der Waals surface area contributed by atoms with E-state index in [1.807, 2.05) is 33.0 Å². The Kier molecular flexibility index (Phi) is 4.88. The van der Waals surface area contributed by atoms with Gasteiger partial charge in [-0.15, -0.1) is 0 Å². The van der Waals surface area contributed by atoms with Crippen LogP contribution in [0.5, 0.6) is 0 Å². The SMILES string of the molecule is CC.CC1C=CNC=N1.[HH]. The van der Waals surface area contributed by atoms with Gasteiger partial charge in [-0.2, -0.15) is 0 Å². The molecule has 0 aromatic heterocycles. The zero-order valence-electron chi connectivity index (χ0n) is 6.26. The van der Waals surface area contributed by atoms with E-state index in [1.54, 1.807) is 6.34 Å². The Morgan fingerprint density at radius 1 is 1.56 bits per heavy atom. The fourth-order valence-electron chi connectivity index (χ4n) is 0.448. The van der Waals surface area contributed by atoms with Crippen molar-refractivity contribution >= 4 is 6.34 Å². The van der Waals surface area contributed by atoms with Crippen LogP contribution in [0.2, 0.25) is 0 Å². The summed E-state index contributed by atoms with van der Waals surface area (Å²) in [4.78, 5) is 4.01. The summed E-state index contributed by atoms with van der Waals surface area (Å²) < 4.78 is 0. The fraction of sp³-hybridized carbons (Fsp3) is 0.571. The van der Waals surface area contributed by atoms with Gasteiger partial charge in [-0.05, 0) is 19.2 Å². The van der Waals surface area contributed by atoms with Gasteiger partial charge in [0.1, 0.15) is 0 Å². The van der Waals surface area contributed by atoms with Crippen LogP contribution in [-0.4, -0.2) is 12.4 Å². The molecule has 1 unspecified atom stereocenters. The molecule has 0 aromatic rings. The standard InChI is InChI=1S/C5H8N2.C2H6.H2/c1-5-2-3-6-4-7-5;1-2;/h2-5H,1H3,(H,6,7);1-2H3;1H. The van der Waals surface area contributed by atoms with Crippen molar-refractivity contribution in [1.29, 1.82) is 0 Å². The van der Waals surface area contributed by atoms with Gasteiger partial charge in [0.05, 0.1) is 12.4 Å². The number of hydrogen-bond acceptors (Lipinski definition) is 2. The van der Waals surface area contributed by atoms with Crippen molar-refractivity contribution in [2.24, 2.45) is 4.99 Å². The van der Waals surface area contributed by atoms with Crippen LogP contribution in [0, 0.1) is 0 Å². The van der Waals surface area contributed by atoms with Crippen LogP contribution in [0.4, 0.5) is 0 Å². The van der Waals surface area contributed by atoms with Crippen molar-refractivity contribution in [2.75, 3.05) is 0 Å². The number of hydrogen-bond donors (Lipinski definition) is 1. The van der Waals surface area contributed by atoms with Crippen LogP contribution in [0.15, 0.2) is 17.3 Å². The highest BCUT2D eigenvalue weighted by Crippen LogP contribution is 1.90. The summed E-state index contributed by atoms with van der Waals surface area (Å²) >= 11 is 0. The van der Waals surface area contributed by atoms with Crippen molar-refractivity contribution in [3.8, 4) is 0 Å². The summed E-state index contributed by atoms with van der Waals surface area (Å²) in [5.74, 6) is 0. The number of nitrogens with zero attached hydrogens (tertiary/aromatic N) is 1. The van der Waals surface area contributed by atoms with Crippen molar-refractivity contribution < 1.29 is 1.43 Å². The van der Waals surface area contributed by atoms with Crippen LogP contribution >= 0.6 is 0 Å². The van der Waals surface area contributed by atoms with E-state index in [9.17, 15) is 0 Å². The highest BCUT2D eigenvalue weighted by atomic mass is 15.0. The molecule has 0 saturated heterocycles. The minimum atomic E-state index is 0. The van der Waals surface area contributed by atoms with Gasteiger partial charge in [0.25, 0.3) is 0 Å². The van der Waals surface area contributed by atoms with E-state index in [-0.39, 0.29) is 1.43 Å². The summed E-state index contributed by atoms with van der Waals surface area (Å²) in [5.41, 5.74) is 0. The van der Waals surface area contributed by atoms with Crippen LogP contribution in [-0.2, 0) is 0 Å².